The van der Waals surface area contributed by atoms with E-state index in [2.05, 4.69) is 4.37 Å². The van der Waals surface area contributed by atoms with Crippen LogP contribution in [-0.4, -0.2) is 56.0 Å². The largest absolute Gasteiger partial charge is 0.382 e. The molecule has 9 heteroatoms. The Morgan fingerprint density at radius 3 is 2.60 bits per heavy atom. The highest BCUT2D eigenvalue weighted by Gasteiger charge is 2.27. The van der Waals surface area contributed by atoms with Crippen molar-refractivity contribution in [3.05, 3.63) is 0 Å². The number of hydrogen-bond donors (Lipinski definition) is 1. The highest BCUT2D eigenvalue weighted by molar-refractivity contribution is 7.91. The van der Waals surface area contributed by atoms with Gasteiger partial charge in [-0.1, -0.05) is 0 Å². The summed E-state index contributed by atoms with van der Waals surface area (Å²) in [5.74, 6) is 0.0965. The Hall–Kier alpha value is -1.35. The first-order valence-corrected chi connectivity index (χ1v) is 8.93. The molecule has 0 aromatic carbocycles. The number of sulfone groups is 1. The van der Waals surface area contributed by atoms with Crippen molar-refractivity contribution in [2.24, 2.45) is 0 Å². The van der Waals surface area contributed by atoms with E-state index in [1.54, 1.807) is 11.8 Å². The van der Waals surface area contributed by atoms with Gasteiger partial charge in [0.15, 0.2) is 15.7 Å². The lowest BCUT2D eigenvalue weighted by Gasteiger charge is -2.22. The average Bonchev–Trinajstić information content (AvgIpc) is 2.59. The van der Waals surface area contributed by atoms with E-state index in [0.717, 1.165) is 24.2 Å². The standard InChI is InChI=1S/C11H18N4O3S2/c1-8(16)14-4-3-5-15(7-6-14)11-9(20(2,17)18)10(12)13-19-11/h3-7H2,1-2H3,(H2,12,13). The first-order valence-electron chi connectivity index (χ1n) is 6.26. The zero-order valence-corrected chi connectivity index (χ0v) is 13.1. The smallest absolute Gasteiger partial charge is 0.219 e. The molecule has 0 unspecified atom stereocenters. The van der Waals surface area contributed by atoms with Crippen LogP contribution in [0.4, 0.5) is 10.8 Å². The predicted octanol–water partition coefficient (Wildman–Crippen LogP) is 0.187. The summed E-state index contributed by atoms with van der Waals surface area (Å²) in [5, 5.41) is 0.579. The van der Waals surface area contributed by atoms with Crippen LogP contribution in [0.3, 0.4) is 0 Å². The molecule has 1 amide bonds. The van der Waals surface area contributed by atoms with Crippen LogP contribution in [0.25, 0.3) is 0 Å². The minimum absolute atomic E-state index is 0.0407. The molecule has 1 saturated heterocycles. The van der Waals surface area contributed by atoms with E-state index in [0.29, 0.717) is 31.2 Å². The molecule has 0 saturated carbocycles. The molecule has 20 heavy (non-hydrogen) atoms. The molecule has 7 nitrogen and oxygen atoms in total. The second kappa shape index (κ2) is 5.57. The summed E-state index contributed by atoms with van der Waals surface area (Å²) < 4.78 is 27.6. The minimum Gasteiger partial charge on any atom is -0.382 e. The van der Waals surface area contributed by atoms with Crippen molar-refractivity contribution in [3.63, 3.8) is 0 Å². The Balaban J connectivity index is 2.27. The Labute approximate surface area is 122 Å². The Morgan fingerprint density at radius 2 is 2.00 bits per heavy atom. The van der Waals surface area contributed by atoms with Gasteiger partial charge in [0.25, 0.3) is 0 Å². The Kier molecular flexibility index (Phi) is 4.19. The highest BCUT2D eigenvalue weighted by Crippen LogP contribution is 2.34. The maximum Gasteiger partial charge on any atom is 0.219 e. The van der Waals surface area contributed by atoms with Gasteiger partial charge in [0.1, 0.15) is 9.90 Å². The van der Waals surface area contributed by atoms with Crippen LogP contribution in [0.1, 0.15) is 13.3 Å². The quantitative estimate of drug-likeness (QED) is 0.836. The van der Waals surface area contributed by atoms with Gasteiger partial charge < -0.3 is 15.5 Å². The summed E-state index contributed by atoms with van der Waals surface area (Å²) in [6.07, 6.45) is 1.93. The summed E-state index contributed by atoms with van der Waals surface area (Å²) in [6, 6.07) is 0. The van der Waals surface area contributed by atoms with Gasteiger partial charge in [-0.25, -0.2) is 8.42 Å². The van der Waals surface area contributed by atoms with Crippen LogP contribution in [0.2, 0.25) is 0 Å². The number of amides is 1. The van der Waals surface area contributed by atoms with Crippen LogP contribution in [-0.2, 0) is 14.6 Å². The summed E-state index contributed by atoms with van der Waals surface area (Å²) >= 11 is 1.10. The van der Waals surface area contributed by atoms with Crippen LogP contribution in [0, 0.1) is 0 Å². The molecule has 0 radical (unpaired) electrons. The SMILES string of the molecule is CC(=O)N1CCCN(c2snc(N)c2S(C)(=O)=O)CC1. The van der Waals surface area contributed by atoms with Crippen molar-refractivity contribution >= 4 is 38.1 Å². The van der Waals surface area contributed by atoms with Crippen molar-refractivity contribution < 1.29 is 13.2 Å². The van der Waals surface area contributed by atoms with Crippen molar-refractivity contribution in [1.29, 1.82) is 0 Å². The van der Waals surface area contributed by atoms with E-state index < -0.39 is 9.84 Å². The van der Waals surface area contributed by atoms with E-state index in [1.807, 2.05) is 4.90 Å². The molecular weight excluding hydrogens is 300 g/mol. The van der Waals surface area contributed by atoms with Crippen LogP contribution in [0.5, 0.6) is 0 Å². The van der Waals surface area contributed by atoms with Gasteiger partial charge in [0, 0.05) is 39.4 Å². The van der Waals surface area contributed by atoms with E-state index in [1.165, 1.54) is 0 Å². The van der Waals surface area contributed by atoms with E-state index in [-0.39, 0.29) is 16.6 Å². The molecule has 1 aliphatic rings. The second-order valence-corrected chi connectivity index (χ2v) is 7.53. The molecule has 0 aliphatic carbocycles. The summed E-state index contributed by atoms with van der Waals surface area (Å²) in [5.41, 5.74) is 5.68. The molecule has 1 aromatic heterocycles. The fraction of sp³-hybridized carbons (Fsp3) is 0.636. The third-order valence-corrected chi connectivity index (χ3v) is 5.45. The monoisotopic (exact) mass is 318 g/mol. The number of carbonyl (C=O) groups is 1. The number of rotatable bonds is 2. The molecule has 1 fully saturated rings. The van der Waals surface area contributed by atoms with Crippen molar-refractivity contribution in [2.45, 2.75) is 18.2 Å². The number of carbonyl (C=O) groups excluding carboxylic acids is 1. The molecule has 112 valence electrons. The lowest BCUT2D eigenvalue weighted by molar-refractivity contribution is -0.128. The fourth-order valence-electron chi connectivity index (χ4n) is 2.27. The normalized spacial score (nSPS) is 17.1. The van der Waals surface area contributed by atoms with Gasteiger partial charge in [-0.3, -0.25) is 4.79 Å². The molecule has 1 aromatic rings. The minimum atomic E-state index is -3.41. The summed E-state index contributed by atoms with van der Waals surface area (Å²) in [7, 11) is -3.41. The zero-order chi connectivity index (χ0) is 14.9. The molecule has 2 heterocycles. The number of nitrogens with zero attached hydrogens (tertiary/aromatic N) is 3. The van der Waals surface area contributed by atoms with Gasteiger partial charge in [-0.2, -0.15) is 4.37 Å². The maximum absolute atomic E-state index is 11.8. The molecule has 1 aliphatic heterocycles. The second-order valence-electron chi connectivity index (χ2n) is 4.82. The van der Waals surface area contributed by atoms with E-state index >= 15 is 0 Å². The molecule has 0 spiro atoms. The third-order valence-electron chi connectivity index (χ3n) is 3.26. The molecule has 0 atom stereocenters. The highest BCUT2D eigenvalue weighted by atomic mass is 32.2. The first kappa shape index (κ1) is 15.0. The van der Waals surface area contributed by atoms with Gasteiger partial charge in [-0.05, 0) is 18.0 Å². The lowest BCUT2D eigenvalue weighted by atomic mass is 10.4. The van der Waals surface area contributed by atoms with Gasteiger partial charge >= 0.3 is 0 Å². The number of anilines is 2. The van der Waals surface area contributed by atoms with Gasteiger partial charge in [0.05, 0.1) is 0 Å². The topological polar surface area (TPSA) is 96.6 Å². The summed E-state index contributed by atoms with van der Waals surface area (Å²) in [4.78, 5) is 15.2. The molecular formula is C11H18N4O3S2. The average molecular weight is 318 g/mol. The molecule has 2 rings (SSSR count). The zero-order valence-electron chi connectivity index (χ0n) is 11.5. The van der Waals surface area contributed by atoms with Crippen molar-refractivity contribution in [1.82, 2.24) is 9.27 Å². The maximum atomic E-state index is 11.8. The molecule has 0 bridgehead atoms. The lowest BCUT2D eigenvalue weighted by Crippen LogP contribution is -2.33. The Bertz CT molecular complexity index is 611. The van der Waals surface area contributed by atoms with Crippen molar-refractivity contribution in [3.8, 4) is 0 Å². The predicted molar refractivity (Wildman–Crippen MR) is 78.7 cm³/mol. The number of hydrogen-bond acceptors (Lipinski definition) is 7. The number of nitrogens with two attached hydrogens (primary N) is 1. The van der Waals surface area contributed by atoms with Crippen LogP contribution in [0.15, 0.2) is 4.90 Å². The van der Waals surface area contributed by atoms with Gasteiger partial charge in [0.2, 0.25) is 5.91 Å². The van der Waals surface area contributed by atoms with Crippen molar-refractivity contribution in [2.75, 3.05) is 43.1 Å². The first-order chi connectivity index (χ1) is 9.30. The van der Waals surface area contributed by atoms with E-state index in [9.17, 15) is 13.2 Å². The fourth-order valence-corrected chi connectivity index (χ4v) is 4.53. The third kappa shape index (κ3) is 3.04. The number of aromatic nitrogens is 1. The van der Waals surface area contributed by atoms with Crippen LogP contribution >= 0.6 is 11.5 Å². The van der Waals surface area contributed by atoms with E-state index in [4.69, 9.17) is 5.73 Å². The van der Waals surface area contributed by atoms with Crippen LogP contribution < -0.4 is 10.6 Å². The van der Waals surface area contributed by atoms with Gasteiger partial charge in [-0.15, -0.1) is 0 Å². The molecule has 2 N–H and O–H groups in total. The Morgan fingerprint density at radius 1 is 1.30 bits per heavy atom. The number of nitrogen functional groups attached to an aromatic ring is 1. The summed E-state index contributed by atoms with van der Waals surface area (Å²) in [6.45, 7) is 4.09.